The molecule has 0 radical (unpaired) electrons. The number of aliphatic imine (C=N–C) groups is 1. The molecule has 1 aromatic carbocycles. The number of urea groups is 1. The molecule has 0 atom stereocenters. The minimum Gasteiger partial charge on any atom is -0.432 e. The highest BCUT2D eigenvalue weighted by molar-refractivity contribution is 6.82. The zero-order chi connectivity index (χ0) is 25.6. The van der Waals surface area contributed by atoms with Crippen LogP contribution in [0.5, 0.6) is 5.75 Å². The Morgan fingerprint density at radius 3 is 2.44 bits per heavy atom. The lowest BCUT2D eigenvalue weighted by Gasteiger charge is -2.36. The van der Waals surface area contributed by atoms with Crippen molar-refractivity contribution in [3.8, 4) is 5.75 Å². The maximum absolute atomic E-state index is 14.4. The maximum Gasteiger partial charge on any atom is 0.387 e. The summed E-state index contributed by atoms with van der Waals surface area (Å²) in [4.78, 5) is 32.1. The zero-order valence-electron chi connectivity index (χ0n) is 20.5. The van der Waals surface area contributed by atoms with Crippen molar-refractivity contribution < 1.29 is 27.5 Å². The highest BCUT2D eigenvalue weighted by atomic mass is 28.3. The van der Waals surface area contributed by atoms with E-state index in [1.54, 1.807) is 0 Å². The monoisotopic (exact) mass is 496 g/mol. The van der Waals surface area contributed by atoms with Crippen molar-refractivity contribution in [1.29, 1.82) is 0 Å². The molecule has 2 heterocycles. The van der Waals surface area contributed by atoms with Gasteiger partial charge in [-0.25, -0.2) is 9.18 Å². The van der Waals surface area contributed by atoms with Gasteiger partial charge in [-0.1, -0.05) is 39.6 Å². The predicted molar refractivity (Wildman–Crippen MR) is 128 cm³/mol. The van der Waals surface area contributed by atoms with Crippen LogP contribution in [0.15, 0.2) is 34.3 Å². The number of alkyl halides is 2. The van der Waals surface area contributed by atoms with Crippen LogP contribution >= 0.6 is 0 Å². The molecule has 0 bridgehead atoms. The molecule has 0 unspecified atom stereocenters. The molecule has 3 amide bonds. The highest BCUT2D eigenvalue weighted by Gasteiger charge is 2.47. The molecule has 186 valence electrons. The van der Waals surface area contributed by atoms with Crippen molar-refractivity contribution in [2.75, 3.05) is 18.4 Å². The van der Waals surface area contributed by atoms with Crippen molar-refractivity contribution in [3.05, 3.63) is 35.2 Å². The molecule has 0 saturated carbocycles. The van der Waals surface area contributed by atoms with E-state index >= 15 is 0 Å². The van der Waals surface area contributed by atoms with E-state index in [1.807, 2.05) is 27.7 Å². The molecule has 0 aliphatic carbocycles. The van der Waals surface area contributed by atoms with E-state index in [4.69, 9.17) is 0 Å². The topological polar surface area (TPSA) is 83.0 Å². The first kappa shape index (κ1) is 25.8. The van der Waals surface area contributed by atoms with Gasteiger partial charge in [0.25, 0.3) is 0 Å². The van der Waals surface area contributed by atoms with E-state index in [9.17, 15) is 22.8 Å². The molecule has 2 aliphatic heterocycles. The summed E-state index contributed by atoms with van der Waals surface area (Å²) in [5.74, 6) is -1.06. The second-order valence-corrected chi connectivity index (χ2v) is 16.3. The van der Waals surface area contributed by atoms with Crippen LogP contribution in [0.3, 0.4) is 0 Å². The Kier molecular flexibility index (Phi) is 6.64. The zero-order valence-corrected chi connectivity index (χ0v) is 21.5. The number of amidine groups is 1. The van der Waals surface area contributed by atoms with Gasteiger partial charge in [0, 0.05) is 10.6 Å². The summed E-state index contributed by atoms with van der Waals surface area (Å²) in [6.45, 7) is 11.1. The third-order valence-corrected chi connectivity index (χ3v) is 11.1. The van der Waals surface area contributed by atoms with E-state index in [-0.39, 0.29) is 12.5 Å². The van der Waals surface area contributed by atoms with Gasteiger partial charge in [0.1, 0.15) is 11.5 Å². The van der Waals surface area contributed by atoms with Gasteiger partial charge in [0.05, 0.1) is 26.7 Å². The number of hydrogen-bond donors (Lipinski definition) is 2. The molecule has 7 nitrogen and oxygen atoms in total. The Labute approximate surface area is 198 Å². The molecule has 0 saturated heterocycles. The fourth-order valence-corrected chi connectivity index (χ4v) is 4.53. The Balaban J connectivity index is 1.80. The molecular weight excluding hydrogens is 465 g/mol. The van der Waals surface area contributed by atoms with Crippen LogP contribution in [0.2, 0.25) is 24.7 Å². The third-order valence-electron chi connectivity index (χ3n) is 7.12. The normalized spacial score (nSPS) is 17.6. The summed E-state index contributed by atoms with van der Waals surface area (Å²) in [5.41, 5.74) is 0.340. The standard InChI is InChI=1S/C23H31F3N4O3Si/c1-22(2)14-11-27-18(29-19(31)23(3,4)34(5,6)7)13(14)12-30(22)21(32)28-17-15(24)9-8-10-16(17)33-20(25)26/h8-10,20H,11-12H2,1-7H3,(H,28,32)(H,27,29,31). The summed E-state index contributed by atoms with van der Waals surface area (Å²) >= 11 is 0. The lowest BCUT2D eigenvalue weighted by molar-refractivity contribution is -0.122. The SMILES string of the molecule is CC1(C)C2=C(CN1C(=O)Nc1c(F)cccc1OC(F)F)C(NC(=O)C(C)(C)[Si](C)(C)C)=NC2. The number of halogens is 3. The van der Waals surface area contributed by atoms with Crippen molar-refractivity contribution in [3.63, 3.8) is 0 Å². The van der Waals surface area contributed by atoms with E-state index in [0.29, 0.717) is 12.4 Å². The summed E-state index contributed by atoms with van der Waals surface area (Å²) in [6, 6.07) is 2.73. The minimum absolute atomic E-state index is 0.125. The Morgan fingerprint density at radius 1 is 1.21 bits per heavy atom. The molecule has 0 spiro atoms. The van der Waals surface area contributed by atoms with Crippen LogP contribution in [0, 0.1) is 5.82 Å². The number of nitrogens with one attached hydrogen (secondary N) is 2. The van der Waals surface area contributed by atoms with Gasteiger partial charge in [-0.05, 0) is 31.6 Å². The number of nitrogens with zero attached hydrogens (tertiary/aromatic N) is 2. The molecule has 2 N–H and O–H groups in total. The van der Waals surface area contributed by atoms with Gasteiger partial charge in [-0.2, -0.15) is 8.78 Å². The Morgan fingerprint density at radius 2 is 1.85 bits per heavy atom. The summed E-state index contributed by atoms with van der Waals surface area (Å²) in [6.07, 6.45) is 0. The molecule has 34 heavy (non-hydrogen) atoms. The van der Waals surface area contributed by atoms with E-state index < -0.39 is 48.5 Å². The fraction of sp³-hybridized carbons (Fsp3) is 0.522. The maximum atomic E-state index is 14.4. The minimum atomic E-state index is -3.17. The molecule has 0 fully saturated rings. The highest BCUT2D eigenvalue weighted by Crippen LogP contribution is 2.40. The fourth-order valence-electron chi connectivity index (χ4n) is 3.78. The van der Waals surface area contributed by atoms with Gasteiger partial charge in [0.15, 0.2) is 11.6 Å². The number of para-hydroxylation sites is 1. The Hall–Kier alpha value is -2.82. The van der Waals surface area contributed by atoms with Crippen LogP contribution < -0.4 is 15.4 Å². The molecule has 11 heteroatoms. The van der Waals surface area contributed by atoms with Gasteiger partial charge >= 0.3 is 12.6 Å². The quantitative estimate of drug-likeness (QED) is 0.563. The number of ether oxygens (including phenoxy) is 1. The van der Waals surface area contributed by atoms with E-state index in [2.05, 4.69) is 40.0 Å². The average molecular weight is 497 g/mol. The summed E-state index contributed by atoms with van der Waals surface area (Å²) in [5, 5.41) is 4.78. The largest absolute Gasteiger partial charge is 0.432 e. The number of carbonyl (C=O) groups excluding carboxylic acids is 2. The smallest absolute Gasteiger partial charge is 0.387 e. The van der Waals surface area contributed by atoms with Crippen LogP contribution in [-0.4, -0.2) is 56.0 Å². The second kappa shape index (κ2) is 8.75. The van der Waals surface area contributed by atoms with Gasteiger partial charge in [0.2, 0.25) is 5.91 Å². The van der Waals surface area contributed by atoms with Crippen molar-refractivity contribution >= 4 is 31.5 Å². The number of carbonyl (C=O) groups is 2. The average Bonchev–Trinajstić information content (AvgIpc) is 3.21. The van der Waals surface area contributed by atoms with E-state index in [0.717, 1.165) is 23.3 Å². The van der Waals surface area contributed by atoms with E-state index in [1.165, 1.54) is 11.0 Å². The van der Waals surface area contributed by atoms with Crippen LogP contribution in [0.4, 0.5) is 23.7 Å². The first-order valence-corrected chi connectivity index (χ1v) is 14.5. The first-order chi connectivity index (χ1) is 15.6. The molecule has 2 aliphatic rings. The van der Waals surface area contributed by atoms with Crippen molar-refractivity contribution in [2.45, 2.75) is 64.5 Å². The number of amides is 3. The Bertz CT molecular complexity index is 1080. The third kappa shape index (κ3) is 4.57. The summed E-state index contributed by atoms with van der Waals surface area (Å²) < 4.78 is 44.2. The lowest BCUT2D eigenvalue weighted by Crippen LogP contribution is -2.50. The number of hydrogen-bond acceptors (Lipinski definition) is 4. The molecular formula is C23H31F3N4O3Si. The number of rotatable bonds is 5. The van der Waals surface area contributed by atoms with Crippen LogP contribution in [0.25, 0.3) is 0 Å². The molecule has 3 rings (SSSR count). The van der Waals surface area contributed by atoms with Gasteiger partial charge in [-0.3, -0.25) is 9.79 Å². The van der Waals surface area contributed by atoms with Gasteiger partial charge in [-0.15, -0.1) is 0 Å². The van der Waals surface area contributed by atoms with Crippen LogP contribution in [0.1, 0.15) is 27.7 Å². The molecule has 1 aromatic rings. The number of benzene rings is 1. The van der Waals surface area contributed by atoms with Crippen LogP contribution in [-0.2, 0) is 4.79 Å². The van der Waals surface area contributed by atoms with Gasteiger partial charge < -0.3 is 20.3 Å². The van der Waals surface area contributed by atoms with Crippen molar-refractivity contribution in [2.24, 2.45) is 4.99 Å². The summed E-state index contributed by atoms with van der Waals surface area (Å²) in [7, 11) is -1.84. The van der Waals surface area contributed by atoms with Crippen molar-refractivity contribution in [1.82, 2.24) is 10.2 Å². The second-order valence-electron chi connectivity index (χ2n) is 10.5. The first-order valence-electron chi connectivity index (χ1n) is 11.0. The number of anilines is 1. The molecule has 0 aromatic heterocycles. The predicted octanol–water partition coefficient (Wildman–Crippen LogP) is 5.00. The lowest BCUT2D eigenvalue weighted by atomic mass is 9.94.